The van der Waals surface area contributed by atoms with Crippen LogP contribution in [0.25, 0.3) is 0 Å². The SMILES string of the molecule is COc1ccc(Br)cc1[C@H](NCCO)C(=O)O. The first-order valence-electron chi connectivity index (χ1n) is 5.00. The van der Waals surface area contributed by atoms with Crippen molar-refractivity contribution in [3.05, 3.63) is 28.2 Å². The zero-order valence-corrected chi connectivity index (χ0v) is 10.9. The molecule has 0 aromatic heterocycles. The van der Waals surface area contributed by atoms with Crippen molar-refractivity contribution in [2.24, 2.45) is 0 Å². The number of aliphatic carboxylic acids is 1. The van der Waals surface area contributed by atoms with Crippen LogP contribution in [0.4, 0.5) is 0 Å². The van der Waals surface area contributed by atoms with Gasteiger partial charge in [-0.25, -0.2) is 0 Å². The molecule has 1 aromatic carbocycles. The molecule has 6 heteroatoms. The largest absolute Gasteiger partial charge is 0.496 e. The fourth-order valence-corrected chi connectivity index (χ4v) is 1.85. The van der Waals surface area contributed by atoms with E-state index in [1.807, 2.05) is 0 Å². The number of carboxylic acids is 1. The standard InChI is InChI=1S/C11H14BrNO4/c1-17-9-3-2-7(12)6-8(9)10(11(15)16)13-4-5-14/h2-3,6,10,13-14H,4-5H2,1H3,(H,15,16)/t10-/m0/s1. The molecular formula is C11H14BrNO4. The van der Waals surface area contributed by atoms with Gasteiger partial charge in [-0.1, -0.05) is 15.9 Å². The van der Waals surface area contributed by atoms with Crippen LogP contribution in [0.1, 0.15) is 11.6 Å². The Bertz CT molecular complexity index is 397. The quantitative estimate of drug-likeness (QED) is 0.735. The van der Waals surface area contributed by atoms with Crippen LogP contribution in [0.15, 0.2) is 22.7 Å². The molecule has 0 radical (unpaired) electrons. The van der Waals surface area contributed by atoms with Gasteiger partial charge in [0.05, 0.1) is 13.7 Å². The van der Waals surface area contributed by atoms with Crippen molar-refractivity contribution in [3.63, 3.8) is 0 Å². The molecule has 0 amide bonds. The summed E-state index contributed by atoms with van der Waals surface area (Å²) in [6, 6.07) is 4.24. The number of aliphatic hydroxyl groups is 1. The second-order valence-corrected chi connectivity index (χ2v) is 4.25. The Morgan fingerprint density at radius 1 is 1.59 bits per heavy atom. The van der Waals surface area contributed by atoms with Gasteiger partial charge < -0.3 is 14.9 Å². The summed E-state index contributed by atoms with van der Waals surface area (Å²) in [6.07, 6.45) is 0. The van der Waals surface area contributed by atoms with Crippen molar-refractivity contribution >= 4 is 21.9 Å². The molecule has 0 saturated heterocycles. The number of nitrogens with one attached hydrogen (secondary N) is 1. The molecule has 0 aliphatic heterocycles. The van der Waals surface area contributed by atoms with E-state index >= 15 is 0 Å². The van der Waals surface area contributed by atoms with E-state index in [0.29, 0.717) is 11.3 Å². The zero-order valence-electron chi connectivity index (χ0n) is 9.31. The molecule has 0 unspecified atom stereocenters. The Morgan fingerprint density at radius 3 is 2.82 bits per heavy atom. The molecule has 1 rings (SSSR count). The lowest BCUT2D eigenvalue weighted by atomic mass is 10.1. The summed E-state index contributed by atoms with van der Waals surface area (Å²) in [5.41, 5.74) is 0.517. The van der Waals surface area contributed by atoms with Crippen LogP contribution < -0.4 is 10.1 Å². The number of benzene rings is 1. The minimum atomic E-state index is -1.02. The van der Waals surface area contributed by atoms with E-state index in [1.54, 1.807) is 18.2 Å². The molecule has 0 aliphatic carbocycles. The van der Waals surface area contributed by atoms with E-state index in [4.69, 9.17) is 14.9 Å². The second kappa shape index (κ2) is 6.58. The molecule has 3 N–H and O–H groups in total. The van der Waals surface area contributed by atoms with Gasteiger partial charge in [-0.3, -0.25) is 10.1 Å². The van der Waals surface area contributed by atoms with E-state index in [-0.39, 0.29) is 13.2 Å². The number of ether oxygens (including phenoxy) is 1. The van der Waals surface area contributed by atoms with Gasteiger partial charge >= 0.3 is 5.97 Å². The summed E-state index contributed by atoms with van der Waals surface area (Å²) in [6.45, 7) is 0.0761. The third-order valence-corrected chi connectivity index (χ3v) is 2.70. The fraction of sp³-hybridized carbons (Fsp3) is 0.364. The van der Waals surface area contributed by atoms with Crippen molar-refractivity contribution in [3.8, 4) is 5.75 Å². The summed E-state index contributed by atoms with van der Waals surface area (Å²) in [5.74, 6) is -0.527. The minimum Gasteiger partial charge on any atom is -0.496 e. The van der Waals surface area contributed by atoms with Crippen LogP contribution in [0.5, 0.6) is 5.75 Å². The molecule has 0 fully saturated rings. The molecule has 0 bridgehead atoms. The van der Waals surface area contributed by atoms with Crippen LogP contribution in [-0.4, -0.2) is 36.4 Å². The fourth-order valence-electron chi connectivity index (χ4n) is 1.47. The number of aliphatic hydroxyl groups excluding tert-OH is 1. The molecule has 5 nitrogen and oxygen atoms in total. The van der Waals surface area contributed by atoms with Crippen molar-refractivity contribution < 1.29 is 19.7 Å². The highest BCUT2D eigenvalue weighted by Gasteiger charge is 2.22. The molecule has 0 aliphatic rings. The monoisotopic (exact) mass is 303 g/mol. The van der Waals surface area contributed by atoms with Crippen LogP contribution >= 0.6 is 15.9 Å². The van der Waals surface area contributed by atoms with Crippen LogP contribution in [0.3, 0.4) is 0 Å². The van der Waals surface area contributed by atoms with Crippen LogP contribution in [-0.2, 0) is 4.79 Å². The molecular weight excluding hydrogens is 290 g/mol. The van der Waals surface area contributed by atoms with Crippen molar-refractivity contribution in [2.75, 3.05) is 20.3 Å². The Hall–Kier alpha value is -1.11. The maximum absolute atomic E-state index is 11.2. The van der Waals surface area contributed by atoms with Gasteiger partial charge in [-0.15, -0.1) is 0 Å². The van der Waals surface area contributed by atoms with Gasteiger partial charge in [0.2, 0.25) is 0 Å². The van der Waals surface area contributed by atoms with E-state index in [1.165, 1.54) is 7.11 Å². The van der Waals surface area contributed by atoms with Crippen LogP contribution in [0, 0.1) is 0 Å². The topological polar surface area (TPSA) is 78.8 Å². The van der Waals surface area contributed by atoms with Gasteiger partial charge in [0.15, 0.2) is 0 Å². The molecule has 1 aromatic rings. The van der Waals surface area contributed by atoms with Gasteiger partial charge in [-0.05, 0) is 18.2 Å². The number of carbonyl (C=O) groups is 1. The predicted molar refractivity (Wildman–Crippen MR) is 66.2 cm³/mol. The average molecular weight is 304 g/mol. The highest BCUT2D eigenvalue weighted by atomic mass is 79.9. The van der Waals surface area contributed by atoms with E-state index < -0.39 is 12.0 Å². The normalized spacial score (nSPS) is 12.2. The summed E-state index contributed by atoms with van der Waals surface area (Å²) in [7, 11) is 1.48. The number of rotatable bonds is 6. The lowest BCUT2D eigenvalue weighted by Gasteiger charge is -2.17. The first-order chi connectivity index (χ1) is 8.10. The number of carboxylic acid groups (broad SMARTS) is 1. The third-order valence-electron chi connectivity index (χ3n) is 2.21. The van der Waals surface area contributed by atoms with E-state index in [2.05, 4.69) is 21.2 Å². The van der Waals surface area contributed by atoms with E-state index in [0.717, 1.165) is 4.47 Å². The first kappa shape index (κ1) is 14.0. The first-order valence-corrected chi connectivity index (χ1v) is 5.80. The molecule has 0 saturated carbocycles. The maximum atomic E-state index is 11.2. The van der Waals surface area contributed by atoms with Gasteiger partial charge in [-0.2, -0.15) is 0 Å². The highest BCUT2D eigenvalue weighted by Crippen LogP contribution is 2.28. The zero-order chi connectivity index (χ0) is 12.8. The predicted octanol–water partition coefficient (Wildman–Crippen LogP) is 1.17. The van der Waals surface area contributed by atoms with Crippen molar-refractivity contribution in [2.45, 2.75) is 6.04 Å². The smallest absolute Gasteiger partial charge is 0.325 e. The van der Waals surface area contributed by atoms with Crippen molar-refractivity contribution in [1.29, 1.82) is 0 Å². The lowest BCUT2D eigenvalue weighted by Crippen LogP contribution is -2.31. The number of hydrogen-bond donors (Lipinski definition) is 3. The minimum absolute atomic E-state index is 0.125. The molecule has 94 valence electrons. The Balaban J connectivity index is 3.07. The highest BCUT2D eigenvalue weighted by molar-refractivity contribution is 9.10. The summed E-state index contributed by atoms with van der Waals surface area (Å²) < 4.78 is 5.89. The van der Waals surface area contributed by atoms with Gasteiger partial charge in [0.1, 0.15) is 11.8 Å². The Morgan fingerprint density at radius 2 is 2.29 bits per heavy atom. The lowest BCUT2D eigenvalue weighted by molar-refractivity contribution is -0.139. The molecule has 0 spiro atoms. The number of halogens is 1. The Kier molecular flexibility index (Phi) is 5.40. The summed E-state index contributed by atoms with van der Waals surface area (Å²) in [5, 5.41) is 20.6. The average Bonchev–Trinajstić information content (AvgIpc) is 2.29. The Labute approximate surface area is 108 Å². The van der Waals surface area contributed by atoms with Crippen molar-refractivity contribution in [1.82, 2.24) is 5.32 Å². The number of hydrogen-bond acceptors (Lipinski definition) is 4. The molecule has 0 heterocycles. The summed E-state index contributed by atoms with van der Waals surface area (Å²) in [4.78, 5) is 11.2. The second-order valence-electron chi connectivity index (χ2n) is 3.34. The third kappa shape index (κ3) is 3.69. The maximum Gasteiger partial charge on any atom is 0.325 e. The molecule has 17 heavy (non-hydrogen) atoms. The molecule has 1 atom stereocenters. The van der Waals surface area contributed by atoms with Crippen LogP contribution in [0.2, 0.25) is 0 Å². The van der Waals surface area contributed by atoms with Gasteiger partial charge in [0.25, 0.3) is 0 Å². The van der Waals surface area contributed by atoms with Gasteiger partial charge in [0, 0.05) is 16.6 Å². The number of methoxy groups -OCH3 is 1. The van der Waals surface area contributed by atoms with E-state index in [9.17, 15) is 4.79 Å². The summed E-state index contributed by atoms with van der Waals surface area (Å²) >= 11 is 3.29.